The molecule has 0 aromatic heterocycles. The topological polar surface area (TPSA) is 93.2 Å². The molecule has 2 heterocycles. The highest BCUT2D eigenvalue weighted by Gasteiger charge is 2.40. The van der Waals surface area contributed by atoms with Crippen molar-refractivity contribution in [2.24, 2.45) is 0 Å². The minimum absolute atomic E-state index is 0.0968. The Labute approximate surface area is 124 Å². The molecule has 0 radical (unpaired) electrons. The second kappa shape index (κ2) is 6.29. The van der Waals surface area contributed by atoms with Gasteiger partial charge >= 0.3 is 5.97 Å². The number of nitrogens with zero attached hydrogens (tertiary/aromatic N) is 2. The van der Waals surface area contributed by atoms with Crippen LogP contribution in [0.3, 0.4) is 0 Å². The zero-order valence-corrected chi connectivity index (χ0v) is 13.0. The van der Waals surface area contributed by atoms with Gasteiger partial charge in [0.2, 0.25) is 15.9 Å². The molecule has 8 nitrogen and oxygen atoms in total. The summed E-state index contributed by atoms with van der Waals surface area (Å²) in [5.41, 5.74) is 0. The second-order valence-corrected chi connectivity index (χ2v) is 7.13. The molecule has 21 heavy (non-hydrogen) atoms. The molecule has 2 aliphatic heterocycles. The number of methoxy groups -OCH3 is 1. The Kier molecular flexibility index (Phi) is 4.84. The monoisotopic (exact) mass is 320 g/mol. The van der Waals surface area contributed by atoms with Crippen LogP contribution in [0.5, 0.6) is 0 Å². The largest absolute Gasteiger partial charge is 0.467 e. The highest BCUT2D eigenvalue weighted by atomic mass is 32.2. The third-order valence-electron chi connectivity index (χ3n) is 3.76. The van der Waals surface area contributed by atoms with Crippen LogP contribution in [0.1, 0.15) is 12.8 Å². The molecule has 0 aliphatic carbocycles. The molecule has 0 bridgehead atoms. The van der Waals surface area contributed by atoms with Gasteiger partial charge in [0.25, 0.3) is 0 Å². The average Bonchev–Trinajstić information content (AvgIpc) is 2.95. The van der Waals surface area contributed by atoms with Gasteiger partial charge < -0.3 is 14.4 Å². The molecule has 9 heteroatoms. The minimum Gasteiger partial charge on any atom is -0.467 e. The molecular weight excluding hydrogens is 300 g/mol. The number of ether oxygens (including phenoxy) is 2. The fraction of sp³-hybridized carbons (Fsp3) is 0.833. The van der Waals surface area contributed by atoms with Crippen LogP contribution in [0.25, 0.3) is 0 Å². The van der Waals surface area contributed by atoms with Gasteiger partial charge in [0.05, 0.1) is 26.5 Å². The Morgan fingerprint density at radius 1 is 1.29 bits per heavy atom. The van der Waals surface area contributed by atoms with Gasteiger partial charge in [-0.2, -0.15) is 4.31 Å². The summed E-state index contributed by atoms with van der Waals surface area (Å²) in [6.45, 7) is 1.04. The Balaban J connectivity index is 2.07. The van der Waals surface area contributed by atoms with Gasteiger partial charge in [-0.15, -0.1) is 0 Å². The van der Waals surface area contributed by atoms with Crippen LogP contribution in [0.15, 0.2) is 0 Å². The molecule has 0 spiro atoms. The summed E-state index contributed by atoms with van der Waals surface area (Å²) in [5.74, 6) is -0.797. The van der Waals surface area contributed by atoms with Crippen molar-refractivity contribution in [1.29, 1.82) is 0 Å². The number of morpholine rings is 1. The smallest absolute Gasteiger partial charge is 0.336 e. The summed E-state index contributed by atoms with van der Waals surface area (Å²) >= 11 is 0. The molecule has 0 N–H and O–H groups in total. The normalized spacial score (nSPS) is 27.6. The molecule has 0 saturated carbocycles. The molecular formula is C12H20N2O6S. The van der Waals surface area contributed by atoms with Crippen molar-refractivity contribution in [1.82, 2.24) is 9.21 Å². The SMILES string of the molecule is COC(=O)C1CN(C(=O)C2CCCN2S(C)(=O)=O)CCO1. The van der Waals surface area contributed by atoms with E-state index in [-0.39, 0.29) is 19.1 Å². The molecule has 2 aliphatic rings. The van der Waals surface area contributed by atoms with E-state index in [1.807, 2.05) is 0 Å². The van der Waals surface area contributed by atoms with Gasteiger partial charge in [0.15, 0.2) is 6.10 Å². The van der Waals surface area contributed by atoms with Crippen molar-refractivity contribution in [2.45, 2.75) is 25.0 Å². The zero-order valence-electron chi connectivity index (χ0n) is 12.1. The first-order valence-corrected chi connectivity index (χ1v) is 8.64. The lowest BCUT2D eigenvalue weighted by atomic mass is 10.1. The number of carbonyl (C=O) groups is 2. The molecule has 1 amide bonds. The van der Waals surface area contributed by atoms with E-state index in [1.54, 1.807) is 0 Å². The van der Waals surface area contributed by atoms with Gasteiger partial charge in [-0.05, 0) is 12.8 Å². The Morgan fingerprint density at radius 3 is 2.62 bits per heavy atom. The maximum atomic E-state index is 12.5. The first kappa shape index (κ1) is 16.2. The van der Waals surface area contributed by atoms with Crippen LogP contribution in [0, 0.1) is 0 Å². The molecule has 0 aromatic rings. The molecule has 2 unspecified atom stereocenters. The lowest BCUT2D eigenvalue weighted by Gasteiger charge is -2.34. The van der Waals surface area contributed by atoms with Crippen LogP contribution in [-0.2, 0) is 29.1 Å². The second-order valence-electron chi connectivity index (χ2n) is 5.20. The number of hydrogen-bond donors (Lipinski definition) is 0. The van der Waals surface area contributed by atoms with Crippen molar-refractivity contribution in [2.75, 3.05) is 39.6 Å². The van der Waals surface area contributed by atoms with E-state index in [1.165, 1.54) is 16.3 Å². The summed E-state index contributed by atoms with van der Waals surface area (Å²) in [5, 5.41) is 0. The van der Waals surface area contributed by atoms with E-state index in [0.29, 0.717) is 25.9 Å². The lowest BCUT2D eigenvalue weighted by molar-refractivity contribution is -0.163. The van der Waals surface area contributed by atoms with E-state index in [4.69, 9.17) is 4.74 Å². The fourth-order valence-electron chi connectivity index (χ4n) is 2.72. The van der Waals surface area contributed by atoms with Crippen molar-refractivity contribution < 1.29 is 27.5 Å². The van der Waals surface area contributed by atoms with E-state index in [2.05, 4.69) is 4.74 Å². The summed E-state index contributed by atoms with van der Waals surface area (Å²) in [4.78, 5) is 25.5. The van der Waals surface area contributed by atoms with E-state index >= 15 is 0 Å². The minimum atomic E-state index is -3.41. The van der Waals surface area contributed by atoms with E-state index in [0.717, 1.165) is 6.26 Å². The number of carbonyl (C=O) groups excluding carboxylic acids is 2. The summed E-state index contributed by atoms with van der Waals surface area (Å²) < 4.78 is 34.5. The highest BCUT2D eigenvalue weighted by molar-refractivity contribution is 7.88. The third-order valence-corrected chi connectivity index (χ3v) is 5.05. The van der Waals surface area contributed by atoms with Crippen molar-refractivity contribution in [3.8, 4) is 0 Å². The third kappa shape index (κ3) is 3.53. The molecule has 120 valence electrons. The number of amides is 1. The fourth-order valence-corrected chi connectivity index (χ4v) is 3.84. The van der Waals surface area contributed by atoms with Crippen molar-refractivity contribution in [3.05, 3.63) is 0 Å². The number of hydrogen-bond acceptors (Lipinski definition) is 6. The van der Waals surface area contributed by atoms with Gasteiger partial charge in [-0.3, -0.25) is 4.79 Å². The predicted molar refractivity (Wildman–Crippen MR) is 72.9 cm³/mol. The summed E-state index contributed by atoms with van der Waals surface area (Å²) in [6.07, 6.45) is 1.47. The molecule has 2 atom stereocenters. The van der Waals surface area contributed by atoms with Gasteiger partial charge in [-0.25, -0.2) is 13.2 Å². The maximum Gasteiger partial charge on any atom is 0.336 e. The Bertz CT molecular complexity index is 520. The van der Waals surface area contributed by atoms with Crippen LogP contribution in [0.4, 0.5) is 0 Å². The summed E-state index contributed by atoms with van der Waals surface area (Å²) in [6, 6.07) is -0.670. The van der Waals surface area contributed by atoms with Crippen molar-refractivity contribution in [3.63, 3.8) is 0 Å². The van der Waals surface area contributed by atoms with Gasteiger partial charge in [0, 0.05) is 13.1 Å². The van der Waals surface area contributed by atoms with Crippen LogP contribution < -0.4 is 0 Å². The molecule has 0 aromatic carbocycles. The number of sulfonamides is 1. The van der Waals surface area contributed by atoms with Gasteiger partial charge in [0.1, 0.15) is 6.04 Å². The lowest BCUT2D eigenvalue weighted by Crippen LogP contribution is -2.54. The van der Waals surface area contributed by atoms with E-state index < -0.39 is 28.1 Å². The number of esters is 1. The maximum absolute atomic E-state index is 12.5. The van der Waals surface area contributed by atoms with Crippen LogP contribution in [0.2, 0.25) is 0 Å². The van der Waals surface area contributed by atoms with E-state index in [9.17, 15) is 18.0 Å². The standard InChI is InChI=1S/C12H20N2O6S/c1-19-12(16)10-8-13(6-7-20-10)11(15)9-4-3-5-14(9)21(2,17)18/h9-10H,3-8H2,1-2H3. The van der Waals surface area contributed by atoms with Gasteiger partial charge in [-0.1, -0.05) is 0 Å². The predicted octanol–water partition coefficient (Wildman–Crippen LogP) is -1.19. The number of rotatable bonds is 3. The molecule has 2 rings (SSSR count). The summed E-state index contributed by atoms with van der Waals surface area (Å²) in [7, 11) is -2.15. The first-order chi connectivity index (χ1) is 9.84. The molecule has 2 saturated heterocycles. The Hall–Kier alpha value is -1.19. The van der Waals surface area contributed by atoms with Crippen molar-refractivity contribution >= 4 is 21.9 Å². The van der Waals surface area contributed by atoms with Crippen LogP contribution in [-0.4, -0.2) is 81.3 Å². The molecule has 2 fully saturated rings. The highest BCUT2D eigenvalue weighted by Crippen LogP contribution is 2.23. The zero-order chi connectivity index (χ0) is 15.6. The van der Waals surface area contributed by atoms with Crippen LogP contribution >= 0.6 is 0 Å². The first-order valence-electron chi connectivity index (χ1n) is 6.79. The Morgan fingerprint density at radius 2 is 2.00 bits per heavy atom. The average molecular weight is 320 g/mol. The quantitative estimate of drug-likeness (QED) is 0.607.